The molecule has 1 aliphatic carbocycles. The molecule has 33 heavy (non-hydrogen) atoms. The van der Waals surface area contributed by atoms with Crippen molar-refractivity contribution < 1.29 is 22.0 Å². The first-order valence-electron chi connectivity index (χ1n) is 11.4. The fourth-order valence-corrected chi connectivity index (χ4v) is 4.71. The number of aryl methyl sites for hydroxylation is 1. The third kappa shape index (κ3) is 5.21. The van der Waals surface area contributed by atoms with E-state index in [0.717, 1.165) is 18.4 Å². The Morgan fingerprint density at radius 2 is 1.42 bits per heavy atom. The summed E-state index contributed by atoms with van der Waals surface area (Å²) in [6.07, 6.45) is 7.60. The SMILES string of the molecule is CCC1CCC(CCc2cc(F)c(C#Cc3ccc4c(F)c(F)c(F)cc4c3)c(F)c2)CC1. The molecule has 172 valence electrons. The minimum absolute atomic E-state index is 0.0932. The lowest BCUT2D eigenvalue weighted by molar-refractivity contribution is 0.258. The normalized spacial score (nSPS) is 18.2. The molecule has 0 nitrogen and oxygen atoms in total. The summed E-state index contributed by atoms with van der Waals surface area (Å²) in [5, 5.41) is 0.0202. The molecule has 0 amide bonds. The molecule has 0 saturated heterocycles. The van der Waals surface area contributed by atoms with Crippen LogP contribution in [0.25, 0.3) is 10.8 Å². The summed E-state index contributed by atoms with van der Waals surface area (Å²) < 4.78 is 69.9. The molecule has 0 radical (unpaired) electrons. The van der Waals surface area contributed by atoms with Crippen LogP contribution < -0.4 is 0 Å². The zero-order valence-corrected chi connectivity index (χ0v) is 18.5. The molecule has 3 aromatic carbocycles. The van der Waals surface area contributed by atoms with E-state index in [4.69, 9.17) is 0 Å². The summed E-state index contributed by atoms with van der Waals surface area (Å²) in [4.78, 5) is 0. The van der Waals surface area contributed by atoms with Crippen LogP contribution in [0, 0.1) is 52.8 Å². The Balaban J connectivity index is 1.49. The zero-order chi connectivity index (χ0) is 23.5. The average Bonchev–Trinajstić information content (AvgIpc) is 2.81. The van der Waals surface area contributed by atoms with Crippen molar-refractivity contribution in [3.8, 4) is 11.8 Å². The van der Waals surface area contributed by atoms with Crippen LogP contribution in [-0.2, 0) is 6.42 Å². The largest absolute Gasteiger partial charge is 0.206 e. The Hall–Kier alpha value is -2.87. The number of benzene rings is 3. The van der Waals surface area contributed by atoms with Crippen molar-refractivity contribution in [2.45, 2.75) is 51.9 Å². The van der Waals surface area contributed by atoms with Crippen LogP contribution in [0.5, 0.6) is 0 Å². The van der Waals surface area contributed by atoms with Crippen LogP contribution in [0.4, 0.5) is 22.0 Å². The summed E-state index contributed by atoms with van der Waals surface area (Å²) in [6.45, 7) is 2.22. The summed E-state index contributed by atoms with van der Waals surface area (Å²) in [7, 11) is 0. The maximum absolute atomic E-state index is 14.6. The Bertz CT molecular complexity index is 1200. The highest BCUT2D eigenvalue weighted by atomic mass is 19.2. The second-order valence-corrected chi connectivity index (χ2v) is 8.94. The first-order chi connectivity index (χ1) is 15.9. The van der Waals surface area contributed by atoms with E-state index in [1.54, 1.807) is 0 Å². The number of hydrogen-bond acceptors (Lipinski definition) is 0. The van der Waals surface area contributed by atoms with Crippen LogP contribution in [0.2, 0.25) is 0 Å². The Morgan fingerprint density at radius 3 is 2.09 bits per heavy atom. The van der Waals surface area contributed by atoms with Gasteiger partial charge in [0.2, 0.25) is 0 Å². The lowest BCUT2D eigenvalue weighted by atomic mass is 9.78. The van der Waals surface area contributed by atoms with E-state index in [2.05, 4.69) is 18.8 Å². The topological polar surface area (TPSA) is 0 Å². The summed E-state index contributed by atoms with van der Waals surface area (Å²) >= 11 is 0. The lowest BCUT2D eigenvalue weighted by Gasteiger charge is -2.27. The van der Waals surface area contributed by atoms with Crippen molar-refractivity contribution in [1.82, 2.24) is 0 Å². The van der Waals surface area contributed by atoms with Crippen LogP contribution in [0.15, 0.2) is 36.4 Å². The molecule has 0 N–H and O–H groups in total. The fraction of sp³-hybridized carbons (Fsp3) is 0.357. The van der Waals surface area contributed by atoms with Gasteiger partial charge >= 0.3 is 0 Å². The first-order valence-corrected chi connectivity index (χ1v) is 11.4. The number of rotatable bonds is 4. The van der Waals surface area contributed by atoms with Crippen molar-refractivity contribution in [3.05, 3.63) is 82.2 Å². The van der Waals surface area contributed by atoms with Crippen molar-refractivity contribution in [2.24, 2.45) is 11.8 Å². The molecule has 1 fully saturated rings. The van der Waals surface area contributed by atoms with Gasteiger partial charge in [0.15, 0.2) is 17.5 Å². The number of halogens is 5. The molecule has 4 rings (SSSR count). The quantitative estimate of drug-likeness (QED) is 0.211. The van der Waals surface area contributed by atoms with Crippen molar-refractivity contribution in [2.75, 3.05) is 0 Å². The minimum atomic E-state index is -1.54. The number of hydrogen-bond donors (Lipinski definition) is 0. The minimum Gasteiger partial charge on any atom is -0.206 e. The number of fused-ring (bicyclic) bond motifs is 1. The van der Waals surface area contributed by atoms with E-state index in [1.807, 2.05) is 0 Å². The van der Waals surface area contributed by atoms with Crippen LogP contribution >= 0.6 is 0 Å². The molecular weight excluding hydrogens is 431 g/mol. The van der Waals surface area contributed by atoms with E-state index >= 15 is 0 Å². The maximum atomic E-state index is 14.6. The van der Waals surface area contributed by atoms with Crippen molar-refractivity contribution in [3.63, 3.8) is 0 Å². The van der Waals surface area contributed by atoms with E-state index in [0.29, 0.717) is 23.5 Å². The van der Waals surface area contributed by atoms with Gasteiger partial charge in [-0.1, -0.05) is 56.9 Å². The van der Waals surface area contributed by atoms with E-state index in [-0.39, 0.29) is 16.3 Å². The predicted molar refractivity (Wildman–Crippen MR) is 120 cm³/mol. The van der Waals surface area contributed by atoms with Crippen molar-refractivity contribution in [1.29, 1.82) is 0 Å². The Kier molecular flexibility index (Phi) is 7.02. The average molecular weight is 456 g/mol. The molecule has 0 aromatic heterocycles. The van der Waals surface area contributed by atoms with E-state index < -0.39 is 29.1 Å². The van der Waals surface area contributed by atoms with E-state index in [1.165, 1.54) is 62.4 Å². The van der Waals surface area contributed by atoms with Crippen LogP contribution in [-0.4, -0.2) is 0 Å². The fourth-order valence-electron chi connectivity index (χ4n) is 4.71. The second kappa shape index (κ2) is 9.95. The molecular formula is C28H25F5. The van der Waals surface area contributed by atoms with Crippen molar-refractivity contribution >= 4 is 10.8 Å². The summed E-state index contributed by atoms with van der Waals surface area (Å²) in [5.74, 6) is 0.947. The lowest BCUT2D eigenvalue weighted by Crippen LogP contribution is -2.14. The highest BCUT2D eigenvalue weighted by Crippen LogP contribution is 2.33. The van der Waals surface area contributed by atoms with Gasteiger partial charge in [0.25, 0.3) is 0 Å². The molecule has 0 bridgehead atoms. The molecule has 1 aliphatic rings. The van der Waals surface area contributed by atoms with Gasteiger partial charge in [-0.25, -0.2) is 22.0 Å². The van der Waals surface area contributed by atoms with Gasteiger partial charge in [0, 0.05) is 10.9 Å². The smallest absolute Gasteiger partial charge is 0.195 e. The summed E-state index contributed by atoms with van der Waals surface area (Å²) in [6, 6.07) is 7.54. The molecule has 3 aromatic rings. The Morgan fingerprint density at radius 1 is 0.758 bits per heavy atom. The zero-order valence-electron chi connectivity index (χ0n) is 18.5. The van der Waals surface area contributed by atoms with Gasteiger partial charge in [-0.05, 0) is 66.0 Å². The molecule has 0 spiro atoms. The summed E-state index contributed by atoms with van der Waals surface area (Å²) in [5.41, 5.74) is 0.573. The van der Waals surface area contributed by atoms with Crippen LogP contribution in [0.1, 0.15) is 62.1 Å². The Labute approximate surface area is 190 Å². The molecule has 0 heterocycles. The molecule has 5 heteroatoms. The standard InChI is InChI=1S/C28H25F5/c1-2-17-3-5-18(6-4-17)7-8-20-14-24(29)23(25(30)15-20)12-10-19-9-11-22-21(13-19)16-26(31)28(33)27(22)32/h9,11,13-18H,2-8H2,1H3. The highest BCUT2D eigenvalue weighted by Gasteiger charge is 2.20. The molecule has 0 atom stereocenters. The van der Waals surface area contributed by atoms with Gasteiger partial charge in [-0.3, -0.25) is 0 Å². The van der Waals surface area contributed by atoms with Gasteiger partial charge in [0.05, 0.1) is 5.56 Å². The van der Waals surface area contributed by atoms with Gasteiger partial charge < -0.3 is 0 Å². The van der Waals surface area contributed by atoms with E-state index in [9.17, 15) is 22.0 Å². The third-order valence-corrected chi connectivity index (χ3v) is 6.79. The second-order valence-electron chi connectivity index (χ2n) is 8.94. The third-order valence-electron chi connectivity index (χ3n) is 6.79. The highest BCUT2D eigenvalue weighted by molar-refractivity contribution is 5.84. The molecule has 0 unspecified atom stereocenters. The van der Waals surface area contributed by atoms with Crippen LogP contribution in [0.3, 0.4) is 0 Å². The first kappa shape index (κ1) is 23.3. The van der Waals surface area contributed by atoms with Gasteiger partial charge in [-0.15, -0.1) is 0 Å². The van der Waals surface area contributed by atoms with Gasteiger partial charge in [0.1, 0.15) is 11.6 Å². The monoisotopic (exact) mass is 456 g/mol. The maximum Gasteiger partial charge on any atom is 0.195 e. The molecule has 1 saturated carbocycles. The predicted octanol–water partition coefficient (Wildman–Crippen LogP) is 8.08. The van der Waals surface area contributed by atoms with Gasteiger partial charge in [-0.2, -0.15) is 0 Å². The molecule has 0 aliphatic heterocycles.